The van der Waals surface area contributed by atoms with E-state index in [4.69, 9.17) is 20.9 Å². The molecule has 1 unspecified atom stereocenters. The van der Waals surface area contributed by atoms with Gasteiger partial charge in [0.05, 0.1) is 6.10 Å². The second-order valence-corrected chi connectivity index (χ2v) is 5.82. The molecule has 0 aromatic carbocycles. The zero-order valence-corrected chi connectivity index (χ0v) is 12.9. The summed E-state index contributed by atoms with van der Waals surface area (Å²) in [5.74, 6) is -0.318. The predicted octanol–water partition coefficient (Wildman–Crippen LogP) is 0.0280. The van der Waals surface area contributed by atoms with Gasteiger partial charge in [-0.2, -0.15) is 4.98 Å². The minimum absolute atomic E-state index is 0.00941. The summed E-state index contributed by atoms with van der Waals surface area (Å²) in [5, 5.41) is 0. The van der Waals surface area contributed by atoms with Gasteiger partial charge in [0.15, 0.2) is 0 Å². The van der Waals surface area contributed by atoms with Gasteiger partial charge in [-0.25, -0.2) is 4.79 Å². The molecule has 2 heterocycles. The highest BCUT2D eigenvalue weighted by Crippen LogP contribution is 2.30. The number of nitrogen functional groups attached to an aromatic ring is 1. The van der Waals surface area contributed by atoms with Gasteiger partial charge in [0, 0.05) is 12.6 Å². The van der Waals surface area contributed by atoms with Crippen LogP contribution in [-0.2, 0) is 14.3 Å². The van der Waals surface area contributed by atoms with Gasteiger partial charge in [-0.15, -0.1) is 0 Å². The summed E-state index contributed by atoms with van der Waals surface area (Å²) >= 11 is 0. The van der Waals surface area contributed by atoms with Crippen LogP contribution >= 0.6 is 0 Å². The summed E-state index contributed by atoms with van der Waals surface area (Å²) in [6.07, 6.45) is 0.559. The van der Waals surface area contributed by atoms with E-state index >= 15 is 0 Å². The molecule has 0 saturated carbocycles. The second-order valence-electron chi connectivity index (χ2n) is 5.82. The first-order valence-electron chi connectivity index (χ1n) is 7.25. The van der Waals surface area contributed by atoms with Crippen LogP contribution in [0.3, 0.4) is 0 Å². The Morgan fingerprint density at radius 3 is 2.82 bits per heavy atom. The molecule has 122 valence electrons. The van der Waals surface area contributed by atoms with E-state index < -0.39 is 30.0 Å². The molecule has 22 heavy (non-hydrogen) atoms. The number of hydrogen-bond acceptors (Lipinski definition) is 7. The highest BCUT2D eigenvalue weighted by Gasteiger charge is 2.37. The van der Waals surface area contributed by atoms with Crippen LogP contribution in [0.15, 0.2) is 17.1 Å². The fourth-order valence-electron chi connectivity index (χ4n) is 2.25. The van der Waals surface area contributed by atoms with Crippen molar-refractivity contribution in [3.8, 4) is 0 Å². The summed E-state index contributed by atoms with van der Waals surface area (Å²) < 4.78 is 12.4. The monoisotopic (exact) mass is 310 g/mol. The van der Waals surface area contributed by atoms with Gasteiger partial charge in [-0.05, 0) is 18.9 Å². The van der Waals surface area contributed by atoms with E-state index in [9.17, 15) is 9.59 Å². The Bertz CT molecular complexity index is 601. The number of carbonyl (C=O) groups excluding carboxylic acids is 1. The maximum absolute atomic E-state index is 11.9. The van der Waals surface area contributed by atoms with Crippen molar-refractivity contribution in [3.05, 3.63) is 22.7 Å². The van der Waals surface area contributed by atoms with Crippen LogP contribution in [0.25, 0.3) is 0 Å². The van der Waals surface area contributed by atoms with Crippen molar-refractivity contribution in [1.29, 1.82) is 0 Å². The van der Waals surface area contributed by atoms with E-state index in [1.807, 2.05) is 13.8 Å². The van der Waals surface area contributed by atoms with E-state index in [0.29, 0.717) is 6.42 Å². The van der Waals surface area contributed by atoms with E-state index in [-0.39, 0.29) is 17.8 Å². The molecule has 1 aromatic rings. The number of esters is 1. The molecule has 8 nitrogen and oxygen atoms in total. The fourth-order valence-corrected chi connectivity index (χ4v) is 2.25. The van der Waals surface area contributed by atoms with E-state index in [1.165, 1.54) is 16.8 Å². The molecule has 0 amide bonds. The lowest BCUT2D eigenvalue weighted by Crippen LogP contribution is -2.40. The number of aromatic nitrogens is 2. The van der Waals surface area contributed by atoms with Gasteiger partial charge in [-0.1, -0.05) is 13.8 Å². The van der Waals surface area contributed by atoms with Gasteiger partial charge < -0.3 is 20.9 Å². The van der Waals surface area contributed by atoms with Gasteiger partial charge in [0.1, 0.15) is 24.2 Å². The third-order valence-corrected chi connectivity index (χ3v) is 3.75. The summed E-state index contributed by atoms with van der Waals surface area (Å²) in [5.41, 5.74) is 10.7. The van der Waals surface area contributed by atoms with Gasteiger partial charge in [0.25, 0.3) is 0 Å². The number of rotatable bonds is 4. The molecule has 1 fully saturated rings. The zero-order valence-electron chi connectivity index (χ0n) is 12.9. The molecule has 4 N–H and O–H groups in total. The molecule has 1 aliphatic rings. The minimum atomic E-state index is -0.674. The van der Waals surface area contributed by atoms with E-state index in [2.05, 4.69) is 4.98 Å². The SMILES string of the molecule is CC(C)[C@H](N)C(=O)OC1C[C@@H](n2ccc(N)nc2=O)O[C@H]1C. The smallest absolute Gasteiger partial charge is 0.351 e. The van der Waals surface area contributed by atoms with Crippen molar-refractivity contribution in [2.24, 2.45) is 11.7 Å². The van der Waals surface area contributed by atoms with Gasteiger partial charge >= 0.3 is 11.7 Å². The first-order chi connectivity index (χ1) is 10.3. The number of anilines is 1. The summed E-state index contributed by atoms with van der Waals surface area (Å²) in [6, 6.07) is 0.843. The Morgan fingerprint density at radius 2 is 2.23 bits per heavy atom. The molecule has 8 heteroatoms. The summed E-state index contributed by atoms with van der Waals surface area (Å²) in [7, 11) is 0. The average molecular weight is 310 g/mol. The lowest BCUT2D eigenvalue weighted by molar-refractivity contribution is -0.154. The number of nitrogens with zero attached hydrogens (tertiary/aromatic N) is 2. The average Bonchev–Trinajstić information content (AvgIpc) is 2.78. The number of ether oxygens (including phenoxy) is 2. The maximum atomic E-state index is 11.9. The molecular formula is C14H22N4O4. The maximum Gasteiger partial charge on any atom is 0.351 e. The Labute approximate surface area is 128 Å². The first kappa shape index (κ1) is 16.4. The normalized spacial score (nSPS) is 26.1. The highest BCUT2D eigenvalue weighted by molar-refractivity contribution is 5.76. The molecule has 2 rings (SSSR count). The lowest BCUT2D eigenvalue weighted by atomic mass is 10.1. The quantitative estimate of drug-likeness (QED) is 0.752. The molecule has 1 aromatic heterocycles. The summed E-state index contributed by atoms with van der Waals surface area (Å²) in [6.45, 7) is 5.49. The molecular weight excluding hydrogens is 288 g/mol. The molecule has 0 spiro atoms. The molecule has 0 bridgehead atoms. The third kappa shape index (κ3) is 3.45. The molecule has 1 aliphatic heterocycles. The first-order valence-corrected chi connectivity index (χ1v) is 7.25. The van der Waals surface area contributed by atoms with Crippen molar-refractivity contribution in [1.82, 2.24) is 9.55 Å². The van der Waals surface area contributed by atoms with Crippen LogP contribution in [-0.4, -0.2) is 33.8 Å². The number of nitrogens with two attached hydrogens (primary N) is 2. The Hall–Kier alpha value is -1.93. The van der Waals surface area contributed by atoms with E-state index in [0.717, 1.165) is 0 Å². The summed E-state index contributed by atoms with van der Waals surface area (Å²) in [4.78, 5) is 27.4. The Morgan fingerprint density at radius 1 is 1.55 bits per heavy atom. The van der Waals surface area contributed by atoms with Crippen molar-refractivity contribution in [3.63, 3.8) is 0 Å². The standard InChI is InChI=1S/C14H22N4O4/c1-7(2)12(16)13(19)22-9-6-11(21-8(9)3)18-5-4-10(15)17-14(18)20/h4-5,7-9,11-12H,6,16H2,1-3H3,(H2,15,17,20)/t8-,9?,11-,12-/m0/s1. The van der Waals surface area contributed by atoms with Crippen LogP contribution in [0.4, 0.5) is 5.82 Å². The Balaban J connectivity index is 2.06. The lowest BCUT2D eigenvalue weighted by Gasteiger charge is -2.19. The Kier molecular flexibility index (Phi) is 4.82. The predicted molar refractivity (Wildman–Crippen MR) is 79.8 cm³/mol. The van der Waals surface area contributed by atoms with Gasteiger partial charge in [0.2, 0.25) is 0 Å². The molecule has 4 atom stereocenters. The van der Waals surface area contributed by atoms with Gasteiger partial charge in [-0.3, -0.25) is 9.36 Å². The zero-order chi connectivity index (χ0) is 16.4. The van der Waals surface area contributed by atoms with Crippen molar-refractivity contribution >= 4 is 11.8 Å². The fraction of sp³-hybridized carbons (Fsp3) is 0.643. The van der Waals surface area contributed by atoms with Crippen molar-refractivity contribution < 1.29 is 14.3 Å². The van der Waals surface area contributed by atoms with Crippen LogP contribution in [0.1, 0.15) is 33.4 Å². The van der Waals surface area contributed by atoms with Crippen LogP contribution in [0, 0.1) is 5.92 Å². The van der Waals surface area contributed by atoms with Crippen molar-refractivity contribution in [2.45, 2.75) is 51.7 Å². The van der Waals surface area contributed by atoms with Crippen LogP contribution in [0.2, 0.25) is 0 Å². The van der Waals surface area contributed by atoms with Crippen molar-refractivity contribution in [2.75, 3.05) is 5.73 Å². The molecule has 0 radical (unpaired) electrons. The topological polar surface area (TPSA) is 122 Å². The largest absolute Gasteiger partial charge is 0.458 e. The number of hydrogen-bond donors (Lipinski definition) is 2. The molecule has 0 aliphatic carbocycles. The van der Waals surface area contributed by atoms with E-state index in [1.54, 1.807) is 6.92 Å². The third-order valence-electron chi connectivity index (χ3n) is 3.75. The van der Waals surface area contributed by atoms with Crippen LogP contribution < -0.4 is 17.2 Å². The highest BCUT2D eigenvalue weighted by atomic mass is 16.6. The molecule has 1 saturated heterocycles. The van der Waals surface area contributed by atoms with Crippen LogP contribution in [0.5, 0.6) is 0 Å². The number of carbonyl (C=O) groups is 1. The second kappa shape index (κ2) is 6.45. The minimum Gasteiger partial charge on any atom is -0.458 e.